The quantitative estimate of drug-likeness (QED) is 0.373. The number of hydrogen-bond donors (Lipinski definition) is 4. The zero-order chi connectivity index (χ0) is 23.7. The number of nitrogens with two attached hydrogens (primary N) is 1. The van der Waals surface area contributed by atoms with Crippen molar-refractivity contribution in [2.24, 2.45) is 0 Å². The Balaban J connectivity index is 1.31. The first-order chi connectivity index (χ1) is 16.3. The molecular weight excluding hydrogens is 434 g/mol. The molecular formula is C25H21N5O4. The number of fused-ring (bicyclic) bond motifs is 9. The van der Waals surface area contributed by atoms with Crippen LogP contribution in [-0.2, 0) is 11.3 Å². The summed E-state index contributed by atoms with van der Waals surface area (Å²) >= 11 is 0. The fourth-order valence-corrected chi connectivity index (χ4v) is 5.08. The van der Waals surface area contributed by atoms with Gasteiger partial charge in [0.2, 0.25) is 0 Å². The molecule has 2 aliphatic rings. The van der Waals surface area contributed by atoms with E-state index in [0.717, 1.165) is 39.1 Å². The van der Waals surface area contributed by atoms with Gasteiger partial charge in [-0.3, -0.25) is 24.6 Å². The maximum absolute atomic E-state index is 12.9. The number of benzene rings is 2. The summed E-state index contributed by atoms with van der Waals surface area (Å²) in [5, 5.41) is 8.34. The van der Waals surface area contributed by atoms with Crippen LogP contribution in [0.2, 0.25) is 0 Å². The molecule has 2 unspecified atom stereocenters. The Bertz CT molecular complexity index is 1630. The number of H-pyrrole nitrogens is 2. The number of nitrogens with one attached hydrogen (secondary N) is 3. The van der Waals surface area contributed by atoms with Gasteiger partial charge in [-0.05, 0) is 77.6 Å². The average molecular weight is 455 g/mol. The van der Waals surface area contributed by atoms with E-state index in [1.807, 2.05) is 26.0 Å². The molecule has 0 saturated carbocycles. The van der Waals surface area contributed by atoms with Crippen molar-refractivity contribution >= 4 is 22.5 Å². The molecule has 0 aliphatic carbocycles. The van der Waals surface area contributed by atoms with Gasteiger partial charge in [0.05, 0.1) is 10.8 Å². The SMILES string of the molecule is Cc1cc(N)nc(C)c1CNC(=O)c1ccc2c(c1)C1OC2c2cc3c(=O)[nH][nH]c(=O)c3cc21. The first-order valence-corrected chi connectivity index (χ1v) is 10.9. The van der Waals surface area contributed by atoms with Gasteiger partial charge < -0.3 is 15.8 Å². The average Bonchev–Trinajstić information content (AvgIpc) is 3.36. The predicted molar refractivity (Wildman–Crippen MR) is 126 cm³/mol. The number of aryl methyl sites for hydroxylation is 2. The monoisotopic (exact) mass is 455 g/mol. The lowest BCUT2D eigenvalue weighted by Gasteiger charge is -2.17. The Morgan fingerprint density at radius 1 is 0.971 bits per heavy atom. The summed E-state index contributed by atoms with van der Waals surface area (Å²) in [6.45, 7) is 4.15. The standard InChI is InChI=1S/C25H21N5O4/c1-10-5-20(26)28-11(2)19(10)9-27-23(31)12-3-4-13-14(6-12)22-16-8-18-17(7-15(16)21(13)34-22)24(32)29-30-25(18)33/h3-8,21-22H,9H2,1-2H3,(H2,26,28)(H,27,31)(H,29,32)(H,30,33). The van der Waals surface area contributed by atoms with Crippen molar-refractivity contribution in [3.63, 3.8) is 0 Å². The zero-order valence-corrected chi connectivity index (χ0v) is 18.5. The van der Waals surface area contributed by atoms with Crippen molar-refractivity contribution in [2.45, 2.75) is 32.6 Å². The van der Waals surface area contributed by atoms with Gasteiger partial charge in [-0.2, -0.15) is 0 Å². The summed E-state index contributed by atoms with van der Waals surface area (Å²) in [4.78, 5) is 41.7. The second-order valence-corrected chi connectivity index (χ2v) is 8.79. The number of amides is 1. The fourth-order valence-electron chi connectivity index (χ4n) is 5.08. The molecule has 5 N–H and O–H groups in total. The molecule has 34 heavy (non-hydrogen) atoms. The normalized spacial score (nSPS) is 17.6. The fraction of sp³-hybridized carbons (Fsp3) is 0.200. The summed E-state index contributed by atoms with van der Waals surface area (Å²) in [5.74, 6) is 0.251. The van der Waals surface area contributed by atoms with Gasteiger partial charge in [0, 0.05) is 17.8 Å². The van der Waals surface area contributed by atoms with Crippen LogP contribution in [0.5, 0.6) is 0 Å². The number of carbonyl (C=O) groups excluding carboxylic acids is 1. The maximum Gasteiger partial charge on any atom is 0.270 e. The van der Waals surface area contributed by atoms with Gasteiger partial charge in [0.15, 0.2) is 0 Å². The molecule has 2 atom stereocenters. The van der Waals surface area contributed by atoms with Crippen LogP contribution in [0.4, 0.5) is 5.82 Å². The number of nitrogens with zero attached hydrogens (tertiary/aromatic N) is 1. The van der Waals surface area contributed by atoms with Gasteiger partial charge in [-0.1, -0.05) is 6.07 Å². The van der Waals surface area contributed by atoms with Crippen molar-refractivity contribution in [3.05, 3.63) is 102 Å². The molecule has 4 aromatic rings. The highest BCUT2D eigenvalue weighted by atomic mass is 16.5. The Labute approximate surface area is 193 Å². The molecule has 2 aromatic heterocycles. The Morgan fingerprint density at radius 2 is 1.59 bits per heavy atom. The number of carbonyl (C=O) groups is 1. The van der Waals surface area contributed by atoms with Crippen LogP contribution >= 0.6 is 0 Å². The van der Waals surface area contributed by atoms with E-state index < -0.39 is 6.10 Å². The Hall–Kier alpha value is -4.24. The third-order valence-electron chi connectivity index (χ3n) is 6.75. The highest BCUT2D eigenvalue weighted by Gasteiger charge is 2.43. The first kappa shape index (κ1) is 20.4. The molecule has 0 spiro atoms. The number of aromatic nitrogens is 3. The predicted octanol–water partition coefficient (Wildman–Crippen LogP) is 2.26. The van der Waals surface area contributed by atoms with Crippen molar-refractivity contribution < 1.29 is 9.53 Å². The third-order valence-corrected chi connectivity index (χ3v) is 6.75. The minimum absolute atomic E-state index is 0.206. The molecule has 2 bridgehead atoms. The van der Waals surface area contributed by atoms with Crippen LogP contribution in [0.25, 0.3) is 10.8 Å². The highest BCUT2D eigenvalue weighted by Crippen LogP contribution is 2.54. The van der Waals surface area contributed by atoms with Crippen LogP contribution in [0.15, 0.2) is 46.0 Å². The number of hydrogen-bond acceptors (Lipinski definition) is 6. The zero-order valence-electron chi connectivity index (χ0n) is 18.5. The number of aromatic amines is 2. The van der Waals surface area contributed by atoms with E-state index in [1.54, 1.807) is 24.3 Å². The number of ether oxygens (including phenoxy) is 1. The number of anilines is 1. The van der Waals surface area contributed by atoms with E-state index in [1.165, 1.54) is 0 Å². The second-order valence-electron chi connectivity index (χ2n) is 8.79. The van der Waals surface area contributed by atoms with Gasteiger partial charge in [-0.25, -0.2) is 4.98 Å². The molecule has 0 fully saturated rings. The first-order valence-electron chi connectivity index (χ1n) is 10.9. The van der Waals surface area contributed by atoms with Crippen LogP contribution < -0.4 is 22.2 Å². The van der Waals surface area contributed by atoms with E-state index in [-0.39, 0.29) is 23.1 Å². The maximum atomic E-state index is 12.9. The lowest BCUT2D eigenvalue weighted by atomic mass is 9.84. The van der Waals surface area contributed by atoms with E-state index in [2.05, 4.69) is 20.5 Å². The summed E-state index contributed by atoms with van der Waals surface area (Å²) in [5.41, 5.74) is 11.9. The minimum atomic E-state index is -0.392. The smallest absolute Gasteiger partial charge is 0.270 e. The molecule has 9 heteroatoms. The van der Waals surface area contributed by atoms with E-state index >= 15 is 0 Å². The van der Waals surface area contributed by atoms with Crippen LogP contribution in [0.1, 0.15) is 61.6 Å². The summed E-state index contributed by atoms with van der Waals surface area (Å²) < 4.78 is 6.19. The van der Waals surface area contributed by atoms with Crippen LogP contribution in [0, 0.1) is 13.8 Å². The summed E-state index contributed by atoms with van der Waals surface area (Å²) in [7, 11) is 0. The number of pyridine rings is 1. The Morgan fingerprint density at radius 3 is 2.24 bits per heavy atom. The molecule has 2 aliphatic heterocycles. The topological polar surface area (TPSA) is 143 Å². The van der Waals surface area contributed by atoms with Crippen molar-refractivity contribution in [1.82, 2.24) is 20.5 Å². The minimum Gasteiger partial charge on any atom is -0.384 e. The summed E-state index contributed by atoms with van der Waals surface area (Å²) in [6.07, 6.45) is -0.724. The molecule has 6 rings (SSSR count). The molecule has 170 valence electrons. The lowest BCUT2D eigenvalue weighted by molar-refractivity contribution is 0.0857. The lowest BCUT2D eigenvalue weighted by Crippen LogP contribution is -2.24. The molecule has 4 heterocycles. The van der Waals surface area contributed by atoms with Gasteiger partial charge >= 0.3 is 0 Å². The van der Waals surface area contributed by atoms with Crippen molar-refractivity contribution in [2.75, 3.05) is 5.73 Å². The molecule has 9 nitrogen and oxygen atoms in total. The van der Waals surface area contributed by atoms with Crippen molar-refractivity contribution in [3.8, 4) is 0 Å². The number of nitrogen functional groups attached to an aromatic ring is 1. The number of rotatable bonds is 3. The van der Waals surface area contributed by atoms with Gasteiger partial charge in [-0.15, -0.1) is 0 Å². The second kappa shape index (κ2) is 7.13. The van der Waals surface area contributed by atoms with E-state index in [9.17, 15) is 14.4 Å². The van der Waals surface area contributed by atoms with E-state index in [0.29, 0.717) is 28.7 Å². The van der Waals surface area contributed by atoms with E-state index in [4.69, 9.17) is 10.5 Å². The van der Waals surface area contributed by atoms with Crippen LogP contribution in [-0.4, -0.2) is 21.1 Å². The summed E-state index contributed by atoms with van der Waals surface area (Å²) in [6, 6.07) is 10.8. The van der Waals surface area contributed by atoms with Gasteiger partial charge in [0.25, 0.3) is 17.0 Å². The Kier molecular flexibility index (Phi) is 4.27. The highest BCUT2D eigenvalue weighted by molar-refractivity contribution is 5.94. The largest absolute Gasteiger partial charge is 0.384 e. The molecule has 0 saturated heterocycles. The molecule has 1 amide bonds. The molecule has 2 aromatic carbocycles. The van der Waals surface area contributed by atoms with Gasteiger partial charge in [0.1, 0.15) is 18.0 Å². The van der Waals surface area contributed by atoms with Crippen LogP contribution in [0.3, 0.4) is 0 Å². The van der Waals surface area contributed by atoms with Crippen molar-refractivity contribution in [1.29, 1.82) is 0 Å². The molecule has 0 radical (unpaired) electrons. The third kappa shape index (κ3) is 2.90.